The van der Waals surface area contributed by atoms with Crippen molar-refractivity contribution in [1.29, 1.82) is 0 Å². The van der Waals surface area contributed by atoms with E-state index in [2.05, 4.69) is 74.0 Å². The van der Waals surface area contributed by atoms with Crippen LogP contribution < -0.4 is 14.5 Å². The van der Waals surface area contributed by atoms with E-state index in [1.54, 1.807) is 18.5 Å². The monoisotopic (exact) mass is 469 g/mol. The Morgan fingerprint density at radius 3 is 2.49 bits per heavy atom. The Balaban J connectivity index is 1.34. The molecule has 0 unspecified atom stereocenters. The fraction of sp³-hybridized carbons (Fsp3) is 0.269. The van der Waals surface area contributed by atoms with Gasteiger partial charge in [0.2, 0.25) is 5.82 Å². The molecule has 0 N–H and O–H groups in total. The van der Waals surface area contributed by atoms with Crippen LogP contribution in [0.2, 0.25) is 0 Å². The number of aromatic nitrogens is 3. The van der Waals surface area contributed by atoms with Gasteiger partial charge in [-0.05, 0) is 73.2 Å². The van der Waals surface area contributed by atoms with Crippen LogP contribution in [-0.4, -0.2) is 60.1 Å². The molecule has 0 atom stereocenters. The van der Waals surface area contributed by atoms with Crippen molar-refractivity contribution >= 4 is 33.8 Å². The highest BCUT2D eigenvalue weighted by Gasteiger charge is 2.16. The van der Waals surface area contributed by atoms with Gasteiger partial charge in [0.15, 0.2) is 0 Å². The number of benzene rings is 2. The average molecular weight is 470 g/mol. The average Bonchev–Trinajstić information content (AvgIpc) is 2.88. The SMILES string of the molecule is Cc1cc(N2CCN(C)CC2)cc(N(C)c2ccc(Oc3nc(N=O)c4ccncc4n3)cc2)c1. The summed E-state index contributed by atoms with van der Waals surface area (Å²) in [7, 11) is 4.22. The van der Waals surface area contributed by atoms with Gasteiger partial charge in [0.25, 0.3) is 0 Å². The van der Waals surface area contributed by atoms with E-state index in [1.807, 2.05) is 24.3 Å². The zero-order chi connectivity index (χ0) is 24.4. The zero-order valence-electron chi connectivity index (χ0n) is 20.0. The van der Waals surface area contributed by atoms with Crippen molar-refractivity contribution in [3.8, 4) is 11.8 Å². The number of hydrogen-bond acceptors (Lipinski definition) is 9. The summed E-state index contributed by atoms with van der Waals surface area (Å²) < 4.78 is 5.82. The van der Waals surface area contributed by atoms with E-state index in [0.717, 1.165) is 37.6 Å². The molecule has 4 aromatic rings. The van der Waals surface area contributed by atoms with E-state index in [-0.39, 0.29) is 11.8 Å². The summed E-state index contributed by atoms with van der Waals surface area (Å²) in [6.07, 6.45) is 3.12. The minimum absolute atomic E-state index is 0.0272. The van der Waals surface area contributed by atoms with Crippen LogP contribution in [0.1, 0.15) is 5.56 Å². The number of hydrogen-bond donors (Lipinski definition) is 0. The van der Waals surface area contributed by atoms with Crippen molar-refractivity contribution in [3.63, 3.8) is 0 Å². The highest BCUT2D eigenvalue weighted by Crippen LogP contribution is 2.32. The summed E-state index contributed by atoms with van der Waals surface area (Å²) in [4.78, 5) is 30.7. The Morgan fingerprint density at radius 2 is 1.74 bits per heavy atom. The van der Waals surface area contributed by atoms with Gasteiger partial charge in [0.05, 0.1) is 17.1 Å². The van der Waals surface area contributed by atoms with Crippen LogP contribution in [0.25, 0.3) is 10.9 Å². The predicted molar refractivity (Wildman–Crippen MR) is 138 cm³/mol. The van der Waals surface area contributed by atoms with Gasteiger partial charge in [0, 0.05) is 56.5 Å². The van der Waals surface area contributed by atoms with Gasteiger partial charge in [-0.2, -0.15) is 9.97 Å². The lowest BCUT2D eigenvalue weighted by atomic mass is 10.1. The van der Waals surface area contributed by atoms with Crippen LogP contribution >= 0.6 is 0 Å². The van der Waals surface area contributed by atoms with Crippen molar-refractivity contribution in [2.24, 2.45) is 5.18 Å². The molecule has 3 heterocycles. The highest BCUT2D eigenvalue weighted by molar-refractivity contribution is 5.87. The third-order valence-electron chi connectivity index (χ3n) is 6.28. The smallest absolute Gasteiger partial charge is 0.324 e. The van der Waals surface area contributed by atoms with Crippen LogP contribution in [0.15, 0.2) is 66.1 Å². The van der Waals surface area contributed by atoms with E-state index < -0.39 is 0 Å². The fourth-order valence-corrected chi connectivity index (χ4v) is 4.23. The molecule has 178 valence electrons. The number of nitrogens with zero attached hydrogens (tertiary/aromatic N) is 7. The third-order valence-corrected chi connectivity index (χ3v) is 6.28. The first-order valence-corrected chi connectivity index (χ1v) is 11.5. The molecule has 5 rings (SSSR count). The molecule has 0 radical (unpaired) electrons. The molecule has 1 aliphatic heterocycles. The molecule has 35 heavy (non-hydrogen) atoms. The molecule has 0 aliphatic carbocycles. The molecule has 2 aromatic carbocycles. The van der Waals surface area contributed by atoms with E-state index >= 15 is 0 Å². The van der Waals surface area contributed by atoms with Crippen LogP contribution in [0.5, 0.6) is 11.8 Å². The van der Waals surface area contributed by atoms with E-state index in [4.69, 9.17) is 4.74 Å². The van der Waals surface area contributed by atoms with Crippen LogP contribution in [-0.2, 0) is 0 Å². The molecule has 1 fully saturated rings. The second-order valence-corrected chi connectivity index (χ2v) is 8.79. The molecule has 1 saturated heterocycles. The third kappa shape index (κ3) is 4.90. The van der Waals surface area contributed by atoms with Gasteiger partial charge in [0.1, 0.15) is 5.75 Å². The summed E-state index contributed by atoms with van der Waals surface area (Å²) in [5, 5.41) is 3.54. The Labute approximate surface area is 204 Å². The maximum absolute atomic E-state index is 11.2. The predicted octanol–water partition coefficient (Wildman–Crippen LogP) is 5.04. The molecule has 0 saturated carbocycles. The normalized spacial score (nSPS) is 14.2. The summed E-state index contributed by atoms with van der Waals surface area (Å²) in [6.45, 7) is 6.34. The zero-order valence-corrected chi connectivity index (χ0v) is 20.0. The number of anilines is 3. The summed E-state index contributed by atoms with van der Waals surface area (Å²) >= 11 is 0. The van der Waals surface area contributed by atoms with E-state index in [1.165, 1.54) is 11.3 Å². The maximum atomic E-state index is 11.2. The maximum Gasteiger partial charge on any atom is 0.324 e. The summed E-state index contributed by atoms with van der Waals surface area (Å²) in [5.41, 5.74) is 5.12. The van der Waals surface area contributed by atoms with E-state index in [9.17, 15) is 4.91 Å². The Kier molecular flexibility index (Phi) is 6.24. The van der Waals surface area contributed by atoms with Crippen LogP contribution in [0, 0.1) is 11.8 Å². The number of rotatable bonds is 6. The number of piperazine rings is 1. The molecule has 1 aliphatic rings. The highest BCUT2D eigenvalue weighted by atomic mass is 16.5. The topological polar surface area (TPSA) is 87.0 Å². The Hall–Kier alpha value is -4.11. The number of likely N-dealkylation sites (N-methyl/N-ethyl adjacent to an activating group) is 1. The number of fused-ring (bicyclic) bond motifs is 1. The lowest BCUT2D eigenvalue weighted by Gasteiger charge is -2.35. The largest absolute Gasteiger partial charge is 0.424 e. The van der Waals surface area contributed by atoms with E-state index in [0.29, 0.717) is 16.7 Å². The van der Waals surface area contributed by atoms with Gasteiger partial charge in [-0.25, -0.2) is 0 Å². The molecule has 9 nitrogen and oxygen atoms in total. The van der Waals surface area contributed by atoms with Gasteiger partial charge < -0.3 is 19.4 Å². The van der Waals surface area contributed by atoms with Gasteiger partial charge in [-0.15, -0.1) is 4.91 Å². The summed E-state index contributed by atoms with van der Waals surface area (Å²) in [5.74, 6) is 0.587. The first-order chi connectivity index (χ1) is 17.0. The van der Waals surface area contributed by atoms with Crippen molar-refractivity contribution < 1.29 is 4.74 Å². The van der Waals surface area contributed by atoms with Gasteiger partial charge in [-0.1, -0.05) is 0 Å². The minimum atomic E-state index is 0.0272. The quantitative estimate of drug-likeness (QED) is 0.363. The molecular formula is C26H27N7O2. The number of aryl methyl sites for hydroxylation is 1. The standard InChI is InChI=1S/C26H27N7O2/c1-18-14-20(16-21(15-18)33-12-10-31(2)11-13-33)32(3)19-4-6-22(7-5-19)35-26-28-24-17-27-9-8-23(24)25(29-26)30-34/h4-9,14-17H,10-13H2,1-3H3. The van der Waals surface area contributed by atoms with Crippen LogP contribution in [0.4, 0.5) is 22.9 Å². The molecule has 9 heteroatoms. The van der Waals surface area contributed by atoms with Crippen LogP contribution in [0.3, 0.4) is 0 Å². The fourth-order valence-electron chi connectivity index (χ4n) is 4.23. The molecule has 0 amide bonds. The Morgan fingerprint density at radius 1 is 0.971 bits per heavy atom. The van der Waals surface area contributed by atoms with Gasteiger partial charge >= 0.3 is 6.01 Å². The second-order valence-electron chi connectivity index (χ2n) is 8.79. The van der Waals surface area contributed by atoms with Crippen molar-refractivity contribution in [2.45, 2.75) is 6.92 Å². The summed E-state index contributed by atoms with van der Waals surface area (Å²) in [6, 6.07) is 16.1. The molecular weight excluding hydrogens is 442 g/mol. The molecule has 0 bridgehead atoms. The van der Waals surface area contributed by atoms with Gasteiger partial charge in [-0.3, -0.25) is 4.98 Å². The lowest BCUT2D eigenvalue weighted by Crippen LogP contribution is -2.44. The van der Waals surface area contributed by atoms with Crippen molar-refractivity contribution in [1.82, 2.24) is 19.9 Å². The van der Waals surface area contributed by atoms with Crippen molar-refractivity contribution in [3.05, 3.63) is 71.4 Å². The lowest BCUT2D eigenvalue weighted by molar-refractivity contribution is 0.313. The number of ether oxygens (including phenoxy) is 1. The second kappa shape index (κ2) is 9.63. The molecule has 2 aromatic heterocycles. The minimum Gasteiger partial charge on any atom is -0.424 e. The Bertz CT molecular complexity index is 1350. The first-order valence-electron chi connectivity index (χ1n) is 11.5. The first kappa shape index (κ1) is 22.7. The number of pyridine rings is 1. The number of nitroso groups, excluding NO2 is 1. The van der Waals surface area contributed by atoms with Crippen molar-refractivity contribution in [2.75, 3.05) is 50.1 Å². The molecule has 0 spiro atoms.